The highest BCUT2D eigenvalue weighted by Crippen LogP contribution is 2.29. The SMILES string of the molecule is COc1ccc(Nc2nc(N)nc(N(CCCN(C)C)C3CCCCCC3)n2)cc1Cl. The Morgan fingerprint density at radius 1 is 1.10 bits per heavy atom. The summed E-state index contributed by atoms with van der Waals surface area (Å²) in [6.45, 7) is 1.90. The Hall–Kier alpha value is -2.32. The van der Waals surface area contributed by atoms with Gasteiger partial charge in [-0.25, -0.2) is 0 Å². The molecule has 2 aromatic rings. The highest BCUT2D eigenvalue weighted by Gasteiger charge is 2.23. The van der Waals surface area contributed by atoms with E-state index in [0.29, 0.717) is 28.7 Å². The minimum absolute atomic E-state index is 0.207. The maximum Gasteiger partial charge on any atom is 0.233 e. The molecule has 1 aliphatic rings. The fraction of sp³-hybridized carbons (Fsp3) is 0.591. The van der Waals surface area contributed by atoms with Crippen LogP contribution in [0.2, 0.25) is 5.02 Å². The molecular weight excluding hydrogens is 414 g/mol. The van der Waals surface area contributed by atoms with Gasteiger partial charge in [-0.2, -0.15) is 15.0 Å². The van der Waals surface area contributed by atoms with Crippen molar-refractivity contribution >= 4 is 35.1 Å². The molecule has 9 heteroatoms. The first-order chi connectivity index (χ1) is 15.0. The van der Waals surface area contributed by atoms with Crippen LogP contribution in [-0.2, 0) is 0 Å². The van der Waals surface area contributed by atoms with E-state index in [-0.39, 0.29) is 5.95 Å². The number of halogens is 1. The lowest BCUT2D eigenvalue weighted by molar-refractivity contribution is 0.392. The van der Waals surface area contributed by atoms with E-state index in [1.165, 1.54) is 25.7 Å². The molecule has 0 unspecified atom stereocenters. The summed E-state index contributed by atoms with van der Waals surface area (Å²) in [4.78, 5) is 18.1. The molecule has 8 nitrogen and oxygen atoms in total. The van der Waals surface area contributed by atoms with Crippen LogP contribution in [0.15, 0.2) is 18.2 Å². The van der Waals surface area contributed by atoms with Crippen LogP contribution in [0.4, 0.5) is 23.5 Å². The molecule has 1 saturated carbocycles. The number of benzene rings is 1. The van der Waals surface area contributed by atoms with Crippen molar-refractivity contribution in [1.29, 1.82) is 0 Å². The van der Waals surface area contributed by atoms with Crippen molar-refractivity contribution in [2.75, 3.05) is 50.2 Å². The Balaban J connectivity index is 1.84. The molecule has 1 aliphatic carbocycles. The van der Waals surface area contributed by atoms with Gasteiger partial charge in [-0.1, -0.05) is 37.3 Å². The van der Waals surface area contributed by atoms with Gasteiger partial charge >= 0.3 is 0 Å². The van der Waals surface area contributed by atoms with Crippen LogP contribution in [0, 0.1) is 0 Å². The lowest BCUT2D eigenvalue weighted by Crippen LogP contribution is -2.38. The largest absolute Gasteiger partial charge is 0.495 e. The summed E-state index contributed by atoms with van der Waals surface area (Å²) < 4.78 is 5.22. The van der Waals surface area contributed by atoms with Gasteiger partial charge in [0.2, 0.25) is 17.8 Å². The molecule has 0 radical (unpaired) electrons. The summed E-state index contributed by atoms with van der Waals surface area (Å²) in [7, 11) is 5.78. The van der Waals surface area contributed by atoms with Crippen LogP contribution >= 0.6 is 11.6 Å². The van der Waals surface area contributed by atoms with Crippen LogP contribution in [0.25, 0.3) is 0 Å². The molecule has 0 bridgehead atoms. The van der Waals surface area contributed by atoms with E-state index in [9.17, 15) is 0 Å². The van der Waals surface area contributed by atoms with Crippen molar-refractivity contribution in [2.24, 2.45) is 0 Å². The summed E-state index contributed by atoms with van der Waals surface area (Å²) in [6.07, 6.45) is 8.43. The van der Waals surface area contributed by atoms with Gasteiger partial charge in [0.15, 0.2) is 0 Å². The van der Waals surface area contributed by atoms with Gasteiger partial charge in [-0.15, -0.1) is 0 Å². The molecule has 1 heterocycles. The Kier molecular flexibility index (Phi) is 8.54. The van der Waals surface area contributed by atoms with E-state index >= 15 is 0 Å². The van der Waals surface area contributed by atoms with Crippen LogP contribution in [0.1, 0.15) is 44.9 Å². The molecule has 0 saturated heterocycles. The Morgan fingerprint density at radius 3 is 2.48 bits per heavy atom. The monoisotopic (exact) mass is 447 g/mol. The number of nitrogens with zero attached hydrogens (tertiary/aromatic N) is 5. The zero-order valence-electron chi connectivity index (χ0n) is 18.8. The van der Waals surface area contributed by atoms with Crippen molar-refractivity contribution in [3.63, 3.8) is 0 Å². The van der Waals surface area contributed by atoms with E-state index < -0.39 is 0 Å². The van der Waals surface area contributed by atoms with Crippen molar-refractivity contribution in [2.45, 2.75) is 51.0 Å². The smallest absolute Gasteiger partial charge is 0.233 e. The first-order valence-electron chi connectivity index (χ1n) is 11.0. The number of hydrogen-bond acceptors (Lipinski definition) is 8. The molecular formula is C22H34ClN7O. The number of hydrogen-bond donors (Lipinski definition) is 2. The summed E-state index contributed by atoms with van der Waals surface area (Å²) in [5, 5.41) is 3.72. The number of ether oxygens (including phenoxy) is 1. The van der Waals surface area contributed by atoms with Gasteiger partial charge in [0.05, 0.1) is 12.1 Å². The number of methoxy groups -OCH3 is 1. The van der Waals surface area contributed by atoms with Crippen LogP contribution in [0.5, 0.6) is 5.75 Å². The maximum atomic E-state index is 6.25. The Bertz CT molecular complexity index is 841. The number of aromatic nitrogens is 3. The highest BCUT2D eigenvalue weighted by atomic mass is 35.5. The summed E-state index contributed by atoms with van der Waals surface area (Å²) in [6, 6.07) is 5.87. The minimum atomic E-state index is 0.207. The fourth-order valence-electron chi connectivity index (χ4n) is 4.01. The molecule has 1 fully saturated rings. The lowest BCUT2D eigenvalue weighted by atomic mass is 10.1. The summed E-state index contributed by atoms with van der Waals surface area (Å²) in [5.74, 6) is 1.87. The summed E-state index contributed by atoms with van der Waals surface area (Å²) in [5.41, 5.74) is 6.84. The van der Waals surface area contributed by atoms with Crippen LogP contribution < -0.4 is 20.7 Å². The quantitative estimate of drug-likeness (QED) is 0.548. The van der Waals surface area contributed by atoms with Crippen LogP contribution in [0.3, 0.4) is 0 Å². The molecule has 31 heavy (non-hydrogen) atoms. The fourth-order valence-corrected chi connectivity index (χ4v) is 4.27. The van der Waals surface area contributed by atoms with E-state index in [2.05, 4.69) is 39.2 Å². The molecule has 0 spiro atoms. The molecule has 0 amide bonds. The molecule has 0 atom stereocenters. The van der Waals surface area contributed by atoms with Crippen molar-refractivity contribution in [3.05, 3.63) is 23.2 Å². The van der Waals surface area contributed by atoms with Crippen molar-refractivity contribution < 1.29 is 4.74 Å². The van der Waals surface area contributed by atoms with Gasteiger partial charge in [0, 0.05) is 18.3 Å². The standard InChI is InChI=1S/C22H34ClN7O/c1-29(2)13-8-14-30(17-9-6-4-5-7-10-17)22-27-20(24)26-21(28-22)25-16-11-12-19(31-3)18(23)15-16/h11-12,15,17H,4-10,13-14H2,1-3H3,(H3,24,25,26,27,28). The Labute approximate surface area is 190 Å². The zero-order chi connectivity index (χ0) is 22.2. The molecule has 170 valence electrons. The van der Waals surface area contributed by atoms with Gasteiger partial charge in [-0.05, 0) is 58.1 Å². The molecule has 3 rings (SSSR count). The third kappa shape index (κ3) is 6.83. The highest BCUT2D eigenvalue weighted by molar-refractivity contribution is 6.32. The second kappa shape index (κ2) is 11.3. The van der Waals surface area contributed by atoms with Crippen molar-refractivity contribution in [3.8, 4) is 5.75 Å². The third-order valence-corrected chi connectivity index (χ3v) is 5.87. The minimum Gasteiger partial charge on any atom is -0.495 e. The maximum absolute atomic E-state index is 6.25. The van der Waals surface area contributed by atoms with E-state index in [1.54, 1.807) is 19.2 Å². The third-order valence-electron chi connectivity index (χ3n) is 5.58. The lowest BCUT2D eigenvalue weighted by Gasteiger charge is -2.32. The topological polar surface area (TPSA) is 92.4 Å². The zero-order valence-corrected chi connectivity index (χ0v) is 19.5. The van der Waals surface area contributed by atoms with Gasteiger partial charge in [0.1, 0.15) is 5.75 Å². The number of nitrogen functional groups attached to an aromatic ring is 1. The number of nitrogens with two attached hydrogens (primary N) is 1. The normalized spacial score (nSPS) is 15.0. The van der Waals surface area contributed by atoms with Gasteiger partial charge < -0.3 is 25.6 Å². The molecule has 1 aromatic carbocycles. The van der Waals surface area contributed by atoms with E-state index in [1.807, 2.05) is 6.07 Å². The predicted molar refractivity (Wildman–Crippen MR) is 128 cm³/mol. The number of anilines is 4. The summed E-state index contributed by atoms with van der Waals surface area (Å²) >= 11 is 6.25. The average Bonchev–Trinajstić information content (AvgIpc) is 3.00. The number of rotatable bonds is 9. The van der Waals surface area contributed by atoms with Crippen molar-refractivity contribution in [1.82, 2.24) is 19.9 Å². The second-order valence-electron chi connectivity index (χ2n) is 8.29. The second-order valence-corrected chi connectivity index (χ2v) is 8.69. The molecule has 1 aromatic heterocycles. The average molecular weight is 448 g/mol. The van der Waals surface area contributed by atoms with E-state index in [4.69, 9.17) is 27.1 Å². The first-order valence-corrected chi connectivity index (χ1v) is 11.4. The Morgan fingerprint density at radius 2 is 1.84 bits per heavy atom. The first kappa shape index (κ1) is 23.3. The van der Waals surface area contributed by atoms with E-state index in [0.717, 1.165) is 38.0 Å². The predicted octanol–water partition coefficient (Wildman–Crippen LogP) is 4.34. The van der Waals surface area contributed by atoms with Gasteiger partial charge in [0.25, 0.3) is 0 Å². The molecule has 3 N–H and O–H groups in total. The van der Waals surface area contributed by atoms with Crippen LogP contribution in [-0.4, -0.2) is 60.2 Å². The van der Waals surface area contributed by atoms with Gasteiger partial charge in [-0.3, -0.25) is 0 Å². The molecule has 0 aliphatic heterocycles. The number of nitrogens with one attached hydrogen (secondary N) is 1.